The van der Waals surface area contributed by atoms with Gasteiger partial charge in [-0.3, -0.25) is 0 Å². The fourth-order valence-corrected chi connectivity index (χ4v) is 3.45. The minimum absolute atomic E-state index is 0.400. The van der Waals surface area contributed by atoms with Gasteiger partial charge in [-0.05, 0) is 78.6 Å². The van der Waals surface area contributed by atoms with Gasteiger partial charge in [0.2, 0.25) is 0 Å². The minimum atomic E-state index is 0.400. The quantitative estimate of drug-likeness (QED) is 0.510. The second kappa shape index (κ2) is 7.06. The predicted octanol–water partition coefficient (Wildman–Crippen LogP) is 5.20. The zero-order valence-corrected chi connectivity index (χ0v) is 14.4. The van der Waals surface area contributed by atoms with Crippen LogP contribution in [0.25, 0.3) is 0 Å². The first-order valence-electron chi connectivity index (χ1n) is 6.59. The second-order valence-electron chi connectivity index (χ2n) is 4.72. The van der Waals surface area contributed by atoms with E-state index in [1.807, 2.05) is 0 Å². The highest BCUT2D eigenvalue weighted by molar-refractivity contribution is 14.1. The van der Waals surface area contributed by atoms with Gasteiger partial charge in [-0.15, -0.1) is 0 Å². The maximum Gasteiger partial charge on any atom is 0.0546 e. The van der Waals surface area contributed by atoms with Crippen LogP contribution in [0.4, 0.5) is 0 Å². The topological polar surface area (TPSA) is 12.0 Å². The van der Waals surface area contributed by atoms with Gasteiger partial charge in [0.1, 0.15) is 0 Å². The lowest BCUT2D eigenvalue weighted by atomic mass is 9.98. The molecule has 1 aliphatic rings. The lowest BCUT2D eigenvalue weighted by molar-refractivity contribution is 0.576. The molecule has 0 heterocycles. The summed E-state index contributed by atoms with van der Waals surface area (Å²) in [4.78, 5) is 0. The van der Waals surface area contributed by atoms with Gasteiger partial charge in [-0.25, -0.2) is 0 Å². The second-order valence-corrected chi connectivity index (χ2v) is 6.80. The van der Waals surface area contributed by atoms with Crippen LogP contribution in [0.15, 0.2) is 34.3 Å². The third kappa shape index (κ3) is 3.58. The zero-order chi connectivity index (χ0) is 13.0. The van der Waals surface area contributed by atoms with Gasteiger partial charge < -0.3 is 5.32 Å². The highest BCUT2D eigenvalue weighted by Crippen LogP contribution is 2.34. The van der Waals surface area contributed by atoms with Crippen molar-refractivity contribution in [3.63, 3.8) is 0 Å². The Labute approximate surface area is 132 Å². The summed E-state index contributed by atoms with van der Waals surface area (Å²) in [5.74, 6) is 0. The number of benzene rings is 1. The van der Waals surface area contributed by atoms with Crippen LogP contribution in [0, 0.1) is 3.57 Å². The van der Waals surface area contributed by atoms with Crippen LogP contribution in [-0.2, 0) is 0 Å². The number of hydrogen-bond donors (Lipinski definition) is 1. The summed E-state index contributed by atoms with van der Waals surface area (Å²) in [7, 11) is 0. The van der Waals surface area contributed by atoms with Gasteiger partial charge in [-0.1, -0.05) is 34.5 Å². The smallest absolute Gasteiger partial charge is 0.0546 e. The maximum atomic E-state index is 3.70. The van der Waals surface area contributed by atoms with Gasteiger partial charge in [0.15, 0.2) is 0 Å². The Bertz CT molecular complexity index is 442. The number of rotatable bonds is 5. The molecule has 1 nitrogen and oxygen atoms in total. The van der Waals surface area contributed by atoms with Gasteiger partial charge in [-0.2, -0.15) is 0 Å². The normalized spacial score (nSPS) is 16.7. The molecule has 0 amide bonds. The highest BCUT2D eigenvalue weighted by Gasteiger charge is 2.20. The van der Waals surface area contributed by atoms with Crippen molar-refractivity contribution in [2.45, 2.75) is 38.6 Å². The van der Waals surface area contributed by atoms with Gasteiger partial charge >= 0.3 is 0 Å². The third-order valence-corrected chi connectivity index (χ3v) is 4.79. The summed E-state index contributed by atoms with van der Waals surface area (Å²) in [6.07, 6.45) is 7.39. The van der Waals surface area contributed by atoms with Crippen LogP contribution < -0.4 is 5.32 Å². The summed E-state index contributed by atoms with van der Waals surface area (Å²) in [6, 6.07) is 6.96. The number of nitrogens with one attached hydrogen (secondary N) is 1. The molecule has 2 rings (SSSR count). The Morgan fingerprint density at radius 1 is 1.44 bits per heavy atom. The van der Waals surface area contributed by atoms with Crippen molar-refractivity contribution >= 4 is 38.5 Å². The lowest BCUT2D eigenvalue weighted by Crippen LogP contribution is -2.24. The summed E-state index contributed by atoms with van der Waals surface area (Å²) in [5, 5.41) is 3.70. The number of halogens is 2. The van der Waals surface area contributed by atoms with Crippen LogP contribution in [0.5, 0.6) is 0 Å². The first-order chi connectivity index (χ1) is 8.72. The molecule has 0 saturated heterocycles. The van der Waals surface area contributed by atoms with E-state index in [2.05, 4.69) is 75.0 Å². The molecule has 18 heavy (non-hydrogen) atoms. The number of allylic oxidation sites excluding steroid dienone is 1. The van der Waals surface area contributed by atoms with E-state index < -0.39 is 0 Å². The fourth-order valence-electron chi connectivity index (χ4n) is 2.42. The molecule has 1 N–H and O–H groups in total. The van der Waals surface area contributed by atoms with Crippen LogP contribution in [-0.4, -0.2) is 6.54 Å². The SMILES string of the molecule is CCCNC(C1=CCCC1)c1cc(Br)ccc1I. The first kappa shape index (κ1) is 14.5. The monoisotopic (exact) mass is 419 g/mol. The summed E-state index contributed by atoms with van der Waals surface area (Å²) >= 11 is 6.03. The molecule has 3 heteroatoms. The van der Waals surface area contributed by atoms with Crippen molar-refractivity contribution in [3.05, 3.63) is 43.5 Å². The summed E-state index contributed by atoms with van der Waals surface area (Å²) in [6.45, 7) is 3.30. The van der Waals surface area contributed by atoms with Crippen molar-refractivity contribution in [3.8, 4) is 0 Å². The molecule has 0 radical (unpaired) electrons. The Morgan fingerprint density at radius 3 is 2.94 bits per heavy atom. The Morgan fingerprint density at radius 2 is 2.28 bits per heavy atom. The molecule has 0 saturated carbocycles. The van der Waals surface area contributed by atoms with E-state index in [0.717, 1.165) is 6.54 Å². The van der Waals surface area contributed by atoms with Crippen LogP contribution in [0.1, 0.15) is 44.2 Å². The van der Waals surface area contributed by atoms with Gasteiger partial charge in [0.05, 0.1) is 6.04 Å². The standard InChI is InChI=1S/C15H19BrIN/c1-2-9-18-15(11-5-3-4-6-11)13-10-12(16)7-8-14(13)17/h5,7-8,10,15,18H,2-4,6,9H2,1H3. The highest BCUT2D eigenvalue weighted by atomic mass is 127. The Balaban J connectivity index is 2.29. The average Bonchev–Trinajstić information content (AvgIpc) is 2.88. The van der Waals surface area contributed by atoms with E-state index in [4.69, 9.17) is 0 Å². The van der Waals surface area contributed by atoms with Crippen molar-refractivity contribution in [1.29, 1.82) is 0 Å². The van der Waals surface area contributed by atoms with Gasteiger partial charge in [0.25, 0.3) is 0 Å². The first-order valence-corrected chi connectivity index (χ1v) is 8.46. The van der Waals surface area contributed by atoms with Crippen LogP contribution in [0.3, 0.4) is 0 Å². The molecular formula is C15H19BrIN. The molecule has 98 valence electrons. The molecule has 0 aliphatic heterocycles. The average molecular weight is 420 g/mol. The van der Waals surface area contributed by atoms with E-state index in [0.29, 0.717) is 6.04 Å². The van der Waals surface area contributed by atoms with E-state index >= 15 is 0 Å². The van der Waals surface area contributed by atoms with Crippen LogP contribution in [0.2, 0.25) is 0 Å². The molecule has 1 aliphatic carbocycles. The third-order valence-electron chi connectivity index (χ3n) is 3.31. The molecule has 0 aromatic heterocycles. The van der Waals surface area contributed by atoms with Gasteiger partial charge in [0, 0.05) is 8.04 Å². The molecule has 0 bridgehead atoms. The molecule has 1 aromatic carbocycles. The number of hydrogen-bond acceptors (Lipinski definition) is 1. The maximum absolute atomic E-state index is 3.70. The van der Waals surface area contributed by atoms with Crippen molar-refractivity contribution in [2.24, 2.45) is 0 Å². The van der Waals surface area contributed by atoms with E-state index in [-0.39, 0.29) is 0 Å². The largest absolute Gasteiger partial charge is 0.307 e. The fraction of sp³-hybridized carbons (Fsp3) is 0.467. The van der Waals surface area contributed by atoms with Crippen molar-refractivity contribution < 1.29 is 0 Å². The Hall–Kier alpha value is 0.130. The lowest BCUT2D eigenvalue weighted by Gasteiger charge is -2.22. The molecule has 0 fully saturated rings. The Kier molecular flexibility index (Phi) is 5.70. The molecule has 1 aromatic rings. The van der Waals surface area contributed by atoms with Crippen LogP contribution >= 0.6 is 38.5 Å². The molecule has 1 atom stereocenters. The minimum Gasteiger partial charge on any atom is -0.307 e. The van der Waals surface area contributed by atoms with Crippen molar-refractivity contribution in [1.82, 2.24) is 5.32 Å². The van der Waals surface area contributed by atoms with E-state index in [1.165, 1.54) is 39.3 Å². The summed E-state index contributed by atoms with van der Waals surface area (Å²) in [5.41, 5.74) is 2.98. The zero-order valence-electron chi connectivity index (χ0n) is 10.7. The molecular weight excluding hydrogens is 401 g/mol. The predicted molar refractivity (Wildman–Crippen MR) is 89.8 cm³/mol. The van der Waals surface area contributed by atoms with Crippen molar-refractivity contribution in [2.75, 3.05) is 6.54 Å². The molecule has 1 unspecified atom stereocenters. The molecule has 0 spiro atoms. The summed E-state index contributed by atoms with van der Waals surface area (Å²) < 4.78 is 2.51. The van der Waals surface area contributed by atoms with E-state index in [1.54, 1.807) is 5.57 Å². The van der Waals surface area contributed by atoms with E-state index in [9.17, 15) is 0 Å².